The second-order valence-electron chi connectivity index (χ2n) is 6.25. The highest BCUT2D eigenvalue weighted by Crippen LogP contribution is 2.32. The van der Waals surface area contributed by atoms with Crippen LogP contribution in [0.2, 0.25) is 0 Å². The molecule has 0 amide bonds. The van der Waals surface area contributed by atoms with E-state index in [1.807, 2.05) is 54.6 Å². The fraction of sp³-hybridized carbons (Fsp3) is 0.217. The van der Waals surface area contributed by atoms with Gasteiger partial charge in [0.1, 0.15) is 12.4 Å². The van der Waals surface area contributed by atoms with E-state index in [9.17, 15) is 0 Å². The number of anilines is 1. The first-order valence-corrected chi connectivity index (χ1v) is 8.92. The molecule has 0 aliphatic rings. The third-order valence-electron chi connectivity index (χ3n) is 4.49. The molecule has 4 nitrogen and oxygen atoms in total. The number of aryl methyl sites for hydroxylation is 1. The van der Waals surface area contributed by atoms with Crippen LogP contribution in [0, 0.1) is 6.92 Å². The monoisotopic (exact) mass is 363 g/mol. The zero-order valence-electron chi connectivity index (χ0n) is 16.0. The van der Waals surface area contributed by atoms with Crippen molar-refractivity contribution in [1.29, 1.82) is 0 Å². The van der Waals surface area contributed by atoms with E-state index in [-0.39, 0.29) is 0 Å². The number of hydrogen-bond donors (Lipinski definition) is 1. The van der Waals surface area contributed by atoms with Crippen LogP contribution in [0.3, 0.4) is 0 Å². The topological polar surface area (TPSA) is 39.7 Å². The molecule has 4 heteroatoms. The van der Waals surface area contributed by atoms with Crippen molar-refractivity contribution in [2.75, 3.05) is 19.5 Å². The van der Waals surface area contributed by atoms with Crippen molar-refractivity contribution in [3.63, 3.8) is 0 Å². The van der Waals surface area contributed by atoms with E-state index in [1.54, 1.807) is 14.2 Å². The first kappa shape index (κ1) is 18.6. The van der Waals surface area contributed by atoms with Gasteiger partial charge < -0.3 is 19.5 Å². The Morgan fingerprint density at radius 3 is 2.22 bits per heavy atom. The van der Waals surface area contributed by atoms with Crippen LogP contribution in [0.15, 0.2) is 66.7 Å². The van der Waals surface area contributed by atoms with Gasteiger partial charge in [0.05, 0.1) is 14.2 Å². The van der Waals surface area contributed by atoms with Gasteiger partial charge in [0.25, 0.3) is 0 Å². The van der Waals surface area contributed by atoms with Crippen molar-refractivity contribution in [3.8, 4) is 17.2 Å². The van der Waals surface area contributed by atoms with Crippen molar-refractivity contribution in [3.05, 3.63) is 83.4 Å². The Hall–Kier alpha value is -3.14. The van der Waals surface area contributed by atoms with Gasteiger partial charge in [0.15, 0.2) is 11.5 Å². The molecule has 140 valence electrons. The van der Waals surface area contributed by atoms with Crippen LogP contribution in [0.4, 0.5) is 5.69 Å². The molecule has 0 heterocycles. The Morgan fingerprint density at radius 2 is 1.52 bits per heavy atom. The number of nitrogens with one attached hydrogen (secondary N) is 1. The number of benzene rings is 3. The molecule has 0 aliphatic carbocycles. The van der Waals surface area contributed by atoms with Crippen LogP contribution in [0.1, 0.15) is 16.7 Å². The third-order valence-corrected chi connectivity index (χ3v) is 4.49. The molecular weight excluding hydrogens is 338 g/mol. The number of ether oxygens (including phenoxy) is 3. The molecular formula is C23H25NO3. The maximum Gasteiger partial charge on any atom is 0.166 e. The molecule has 3 aromatic carbocycles. The average Bonchev–Trinajstić information content (AvgIpc) is 2.72. The molecule has 0 saturated heterocycles. The molecule has 0 aliphatic heterocycles. The predicted octanol–water partition coefficient (Wildman–Crippen LogP) is 5.20. The maximum absolute atomic E-state index is 6.17. The third kappa shape index (κ3) is 4.73. The van der Waals surface area contributed by atoms with E-state index in [1.165, 1.54) is 5.56 Å². The zero-order valence-corrected chi connectivity index (χ0v) is 16.0. The molecule has 0 fully saturated rings. The van der Waals surface area contributed by atoms with E-state index in [2.05, 4.69) is 24.4 Å². The Kier molecular flexibility index (Phi) is 6.21. The number of rotatable bonds is 8. The summed E-state index contributed by atoms with van der Waals surface area (Å²) in [4.78, 5) is 0. The van der Waals surface area contributed by atoms with Crippen molar-refractivity contribution in [2.45, 2.75) is 20.1 Å². The summed E-state index contributed by atoms with van der Waals surface area (Å²) in [7, 11) is 3.33. The first-order valence-electron chi connectivity index (χ1n) is 8.92. The average molecular weight is 363 g/mol. The van der Waals surface area contributed by atoms with Gasteiger partial charge in [-0.25, -0.2) is 0 Å². The van der Waals surface area contributed by atoms with Crippen LogP contribution in [-0.2, 0) is 13.2 Å². The summed E-state index contributed by atoms with van der Waals surface area (Å²) in [5.41, 5.74) is 4.44. The standard InChI is InChI=1S/C23H25NO3/c1-17-7-4-5-8-19(17)16-27-23-18(9-6-10-22(23)26-3)15-24-20-11-13-21(25-2)14-12-20/h4-14,24H,15-16H2,1-3H3. The lowest BCUT2D eigenvalue weighted by Crippen LogP contribution is -2.06. The molecule has 0 unspecified atom stereocenters. The van der Waals surface area contributed by atoms with Gasteiger partial charge in [0.2, 0.25) is 0 Å². The Morgan fingerprint density at radius 1 is 0.778 bits per heavy atom. The normalized spacial score (nSPS) is 10.3. The van der Waals surface area contributed by atoms with Crippen molar-refractivity contribution in [2.24, 2.45) is 0 Å². The number of methoxy groups -OCH3 is 2. The molecule has 3 rings (SSSR count). The quantitative estimate of drug-likeness (QED) is 0.597. The maximum atomic E-state index is 6.17. The minimum Gasteiger partial charge on any atom is -0.497 e. The summed E-state index contributed by atoms with van der Waals surface area (Å²) in [6, 6.07) is 22.0. The SMILES string of the molecule is COc1ccc(NCc2cccc(OC)c2OCc2ccccc2C)cc1. The van der Waals surface area contributed by atoms with Crippen LogP contribution in [0.25, 0.3) is 0 Å². The lowest BCUT2D eigenvalue weighted by molar-refractivity contribution is 0.281. The van der Waals surface area contributed by atoms with Gasteiger partial charge in [-0.05, 0) is 48.4 Å². The zero-order chi connectivity index (χ0) is 19.1. The lowest BCUT2D eigenvalue weighted by atomic mass is 10.1. The van der Waals surface area contributed by atoms with Crippen molar-refractivity contribution in [1.82, 2.24) is 0 Å². The fourth-order valence-electron chi connectivity index (χ4n) is 2.85. The minimum atomic E-state index is 0.503. The molecule has 0 atom stereocenters. The van der Waals surface area contributed by atoms with E-state index >= 15 is 0 Å². The second kappa shape index (κ2) is 8.99. The van der Waals surface area contributed by atoms with Crippen molar-refractivity contribution >= 4 is 5.69 Å². The van der Waals surface area contributed by atoms with Crippen LogP contribution in [0.5, 0.6) is 17.2 Å². The second-order valence-corrected chi connectivity index (χ2v) is 6.25. The molecule has 0 radical (unpaired) electrons. The van der Waals surface area contributed by atoms with Crippen LogP contribution < -0.4 is 19.5 Å². The summed E-state index contributed by atoms with van der Waals surface area (Å²) in [6.07, 6.45) is 0. The Labute approximate surface area is 160 Å². The van der Waals surface area contributed by atoms with Gasteiger partial charge in [-0.2, -0.15) is 0 Å². The number of para-hydroxylation sites is 1. The largest absolute Gasteiger partial charge is 0.497 e. The van der Waals surface area contributed by atoms with Gasteiger partial charge in [0, 0.05) is 17.8 Å². The van der Waals surface area contributed by atoms with Gasteiger partial charge in [-0.1, -0.05) is 36.4 Å². The number of hydrogen-bond acceptors (Lipinski definition) is 4. The van der Waals surface area contributed by atoms with E-state index in [0.717, 1.165) is 34.1 Å². The smallest absolute Gasteiger partial charge is 0.166 e. The van der Waals surface area contributed by atoms with Crippen LogP contribution >= 0.6 is 0 Å². The van der Waals surface area contributed by atoms with E-state index in [4.69, 9.17) is 14.2 Å². The Balaban J connectivity index is 1.75. The highest BCUT2D eigenvalue weighted by molar-refractivity contribution is 5.51. The summed E-state index contributed by atoms with van der Waals surface area (Å²) in [5.74, 6) is 2.34. The fourth-order valence-corrected chi connectivity index (χ4v) is 2.85. The molecule has 3 aromatic rings. The molecule has 0 aromatic heterocycles. The van der Waals surface area contributed by atoms with Gasteiger partial charge >= 0.3 is 0 Å². The summed E-state index contributed by atoms with van der Waals surface area (Å²) < 4.78 is 16.9. The molecule has 27 heavy (non-hydrogen) atoms. The summed E-state index contributed by atoms with van der Waals surface area (Å²) in [5, 5.41) is 3.42. The highest BCUT2D eigenvalue weighted by atomic mass is 16.5. The Bertz CT molecular complexity index is 875. The minimum absolute atomic E-state index is 0.503. The summed E-state index contributed by atoms with van der Waals surface area (Å²) >= 11 is 0. The van der Waals surface area contributed by atoms with Gasteiger partial charge in [-0.15, -0.1) is 0 Å². The molecule has 0 saturated carbocycles. The van der Waals surface area contributed by atoms with E-state index in [0.29, 0.717) is 13.2 Å². The lowest BCUT2D eigenvalue weighted by Gasteiger charge is -2.17. The summed E-state index contributed by atoms with van der Waals surface area (Å²) in [6.45, 7) is 3.22. The predicted molar refractivity (Wildman–Crippen MR) is 109 cm³/mol. The first-order chi connectivity index (χ1) is 13.2. The van der Waals surface area contributed by atoms with E-state index < -0.39 is 0 Å². The molecule has 0 spiro atoms. The van der Waals surface area contributed by atoms with Gasteiger partial charge in [-0.3, -0.25) is 0 Å². The van der Waals surface area contributed by atoms with Crippen LogP contribution in [-0.4, -0.2) is 14.2 Å². The highest BCUT2D eigenvalue weighted by Gasteiger charge is 2.11. The molecule has 0 bridgehead atoms. The van der Waals surface area contributed by atoms with Crippen molar-refractivity contribution < 1.29 is 14.2 Å². The molecule has 1 N–H and O–H groups in total.